The first-order chi connectivity index (χ1) is 5.17. The molecule has 0 N–H and O–H groups in total. The largest absolute Gasteiger partial charge is 0.456 e. The lowest BCUT2D eigenvalue weighted by molar-refractivity contribution is -0.291. The highest BCUT2D eigenvalue weighted by Crippen LogP contribution is 2.35. The van der Waals surface area contributed by atoms with Crippen LogP contribution in [-0.4, -0.2) is 24.1 Å². The van der Waals surface area contributed by atoms with Crippen LogP contribution in [0.2, 0.25) is 0 Å². The summed E-state index contributed by atoms with van der Waals surface area (Å²) >= 11 is 4.37. The van der Waals surface area contributed by atoms with Gasteiger partial charge >= 0.3 is 17.5 Å². The van der Waals surface area contributed by atoms with Gasteiger partial charge in [-0.2, -0.15) is 22.0 Å². The monoisotopic (exact) mass is 212 g/mol. The van der Waals surface area contributed by atoms with Gasteiger partial charge in [-0.25, -0.2) is 4.79 Å². The van der Waals surface area contributed by atoms with Crippen LogP contribution >= 0.6 is 11.6 Å². The third kappa shape index (κ3) is 3.21. The summed E-state index contributed by atoms with van der Waals surface area (Å²) in [5.74, 6) is -5.06. The van der Waals surface area contributed by atoms with Crippen LogP contribution in [0.25, 0.3) is 0 Å². The average molecular weight is 213 g/mol. The molecule has 0 aliphatic heterocycles. The van der Waals surface area contributed by atoms with Crippen molar-refractivity contribution in [2.45, 2.75) is 12.1 Å². The van der Waals surface area contributed by atoms with Crippen molar-refractivity contribution in [2.75, 3.05) is 6.61 Å². The molecule has 0 atom stereocenters. The first kappa shape index (κ1) is 11.4. The maximum Gasteiger partial charge on any atom is 0.456 e. The molecule has 0 rings (SSSR count). The average Bonchev–Trinajstić information content (AvgIpc) is 1.81. The fraction of sp³-hybridized carbons (Fsp3) is 0.750. The highest BCUT2D eigenvalue weighted by Gasteiger charge is 2.58. The standard InChI is InChI=1S/C4H2ClF5O2/c5-2(11)12-1-3(6,7)4(8,9)10/h1H2. The SMILES string of the molecule is O=C(Cl)OCC(F)(F)C(F)(F)F. The van der Waals surface area contributed by atoms with E-state index in [4.69, 9.17) is 0 Å². The van der Waals surface area contributed by atoms with Gasteiger partial charge in [-0.3, -0.25) is 0 Å². The van der Waals surface area contributed by atoms with E-state index in [-0.39, 0.29) is 0 Å². The number of carbonyl (C=O) groups is 1. The van der Waals surface area contributed by atoms with Gasteiger partial charge < -0.3 is 4.74 Å². The van der Waals surface area contributed by atoms with Crippen LogP contribution in [0.3, 0.4) is 0 Å². The molecule has 0 aliphatic carbocycles. The zero-order valence-electron chi connectivity index (χ0n) is 5.29. The van der Waals surface area contributed by atoms with Crippen molar-refractivity contribution in [3.8, 4) is 0 Å². The van der Waals surface area contributed by atoms with Gasteiger partial charge in [0.05, 0.1) is 0 Å². The Morgan fingerprint density at radius 2 is 1.67 bits per heavy atom. The number of alkyl halides is 5. The number of halogens is 6. The van der Waals surface area contributed by atoms with E-state index in [2.05, 4.69) is 16.3 Å². The van der Waals surface area contributed by atoms with Crippen molar-refractivity contribution in [3.63, 3.8) is 0 Å². The van der Waals surface area contributed by atoms with Crippen molar-refractivity contribution >= 4 is 17.0 Å². The molecular formula is C4H2ClF5O2. The summed E-state index contributed by atoms with van der Waals surface area (Å²) in [4.78, 5) is 9.66. The molecule has 0 fully saturated rings. The van der Waals surface area contributed by atoms with E-state index in [9.17, 15) is 26.7 Å². The van der Waals surface area contributed by atoms with Gasteiger partial charge in [0.15, 0.2) is 6.61 Å². The summed E-state index contributed by atoms with van der Waals surface area (Å²) < 4.78 is 60.8. The molecule has 0 spiro atoms. The molecular weight excluding hydrogens is 210 g/mol. The second-order valence-corrected chi connectivity index (χ2v) is 2.04. The van der Waals surface area contributed by atoms with Gasteiger partial charge in [0, 0.05) is 11.6 Å². The minimum absolute atomic E-state index is 1.71. The third-order valence-electron chi connectivity index (χ3n) is 0.782. The van der Waals surface area contributed by atoms with Gasteiger partial charge in [-0.15, -0.1) is 0 Å². The molecule has 12 heavy (non-hydrogen) atoms. The van der Waals surface area contributed by atoms with Gasteiger partial charge in [-0.1, -0.05) is 0 Å². The lowest BCUT2D eigenvalue weighted by Gasteiger charge is -2.17. The van der Waals surface area contributed by atoms with E-state index in [1.54, 1.807) is 0 Å². The second-order valence-electron chi connectivity index (χ2n) is 1.73. The molecule has 0 amide bonds. The zero-order chi connectivity index (χ0) is 9.99. The van der Waals surface area contributed by atoms with Gasteiger partial charge in [0.2, 0.25) is 0 Å². The van der Waals surface area contributed by atoms with Crippen LogP contribution < -0.4 is 0 Å². The first-order valence-corrected chi connectivity index (χ1v) is 2.81. The maximum absolute atomic E-state index is 11.8. The highest BCUT2D eigenvalue weighted by atomic mass is 35.5. The Bertz CT molecular complexity index is 177. The predicted octanol–water partition coefficient (Wildman–Crippen LogP) is 2.56. The van der Waals surface area contributed by atoms with E-state index < -0.39 is 24.1 Å². The lowest BCUT2D eigenvalue weighted by Crippen LogP contribution is -2.40. The minimum atomic E-state index is -5.74. The maximum atomic E-state index is 11.8. The Morgan fingerprint density at radius 3 is 1.92 bits per heavy atom. The minimum Gasteiger partial charge on any atom is -0.447 e. The summed E-state index contributed by atoms with van der Waals surface area (Å²) in [7, 11) is 0. The number of rotatable bonds is 2. The third-order valence-corrected chi connectivity index (χ3v) is 0.891. The summed E-state index contributed by atoms with van der Waals surface area (Å²) in [5.41, 5.74) is -1.71. The van der Waals surface area contributed by atoms with Crippen LogP contribution in [0, 0.1) is 0 Å². The molecule has 2 nitrogen and oxygen atoms in total. The van der Waals surface area contributed by atoms with Crippen LogP contribution in [-0.2, 0) is 4.74 Å². The highest BCUT2D eigenvalue weighted by molar-refractivity contribution is 6.61. The topological polar surface area (TPSA) is 26.3 Å². The molecule has 0 aliphatic rings. The summed E-state index contributed by atoms with van der Waals surface area (Å²) in [6.45, 7) is -2.10. The zero-order valence-corrected chi connectivity index (χ0v) is 6.05. The van der Waals surface area contributed by atoms with Crippen LogP contribution in [0.5, 0.6) is 0 Å². The van der Waals surface area contributed by atoms with E-state index in [0.29, 0.717) is 0 Å². The number of hydrogen-bond acceptors (Lipinski definition) is 2. The number of hydrogen-bond donors (Lipinski definition) is 0. The quantitative estimate of drug-likeness (QED) is 0.519. The fourth-order valence-corrected chi connectivity index (χ4v) is 0.284. The summed E-state index contributed by atoms with van der Waals surface area (Å²) in [6.07, 6.45) is -5.74. The molecule has 72 valence electrons. The van der Waals surface area contributed by atoms with Crippen LogP contribution in [0.1, 0.15) is 0 Å². The van der Waals surface area contributed by atoms with Crippen LogP contribution in [0.15, 0.2) is 0 Å². The van der Waals surface area contributed by atoms with Crippen molar-refractivity contribution < 1.29 is 31.5 Å². The van der Waals surface area contributed by atoms with Crippen molar-refractivity contribution in [2.24, 2.45) is 0 Å². The summed E-state index contributed by atoms with van der Waals surface area (Å²) in [5, 5.41) is 0. The summed E-state index contributed by atoms with van der Waals surface area (Å²) in [6, 6.07) is 0. The molecule has 0 aromatic heterocycles. The van der Waals surface area contributed by atoms with Gasteiger partial charge in [-0.05, 0) is 0 Å². The lowest BCUT2D eigenvalue weighted by atomic mass is 10.3. The van der Waals surface area contributed by atoms with Crippen LogP contribution in [0.4, 0.5) is 26.7 Å². The Morgan fingerprint density at radius 1 is 1.25 bits per heavy atom. The molecule has 8 heteroatoms. The number of ether oxygens (including phenoxy) is 1. The molecule has 0 unspecified atom stereocenters. The number of carbonyl (C=O) groups excluding carboxylic acids is 1. The van der Waals surface area contributed by atoms with Crippen molar-refractivity contribution in [3.05, 3.63) is 0 Å². The van der Waals surface area contributed by atoms with E-state index in [1.807, 2.05) is 0 Å². The van der Waals surface area contributed by atoms with Gasteiger partial charge in [0.1, 0.15) is 0 Å². The Labute approximate surface area is 68.2 Å². The molecule has 0 saturated carbocycles. The molecule has 0 heterocycles. The molecule has 0 aromatic rings. The molecule has 0 bridgehead atoms. The molecule has 0 saturated heterocycles. The predicted molar refractivity (Wildman–Crippen MR) is 28.2 cm³/mol. The fourth-order valence-electron chi connectivity index (χ4n) is 0.229. The Balaban J connectivity index is 4.14. The Hall–Kier alpha value is -0.590. The smallest absolute Gasteiger partial charge is 0.447 e. The Kier molecular flexibility index (Phi) is 3.25. The van der Waals surface area contributed by atoms with Gasteiger partial charge in [0.25, 0.3) is 0 Å². The van der Waals surface area contributed by atoms with E-state index in [1.165, 1.54) is 0 Å². The normalized spacial score (nSPS) is 12.8. The van der Waals surface area contributed by atoms with E-state index >= 15 is 0 Å². The second kappa shape index (κ2) is 3.42. The first-order valence-electron chi connectivity index (χ1n) is 2.43. The molecule has 0 aromatic carbocycles. The van der Waals surface area contributed by atoms with Crippen molar-refractivity contribution in [1.29, 1.82) is 0 Å². The molecule has 0 radical (unpaired) electrons. The van der Waals surface area contributed by atoms with Crippen molar-refractivity contribution in [1.82, 2.24) is 0 Å². The van der Waals surface area contributed by atoms with E-state index in [0.717, 1.165) is 0 Å².